The number of carbonyl (C=O) groups excluding carboxylic acids is 1. The highest BCUT2D eigenvalue weighted by molar-refractivity contribution is 5.91. The lowest BCUT2D eigenvalue weighted by atomic mass is 10.2. The van der Waals surface area contributed by atoms with Gasteiger partial charge in [0.2, 0.25) is 0 Å². The van der Waals surface area contributed by atoms with Crippen LogP contribution in [0.1, 0.15) is 13.8 Å². The fourth-order valence-electron chi connectivity index (χ4n) is 1.51. The summed E-state index contributed by atoms with van der Waals surface area (Å²) in [6, 6.07) is 7.28. The van der Waals surface area contributed by atoms with E-state index in [4.69, 9.17) is 5.73 Å². The van der Waals surface area contributed by atoms with E-state index >= 15 is 0 Å². The minimum absolute atomic E-state index is 0.00905. The molecule has 0 aliphatic carbocycles. The Balaban J connectivity index is 2.81. The first-order valence-corrected chi connectivity index (χ1v) is 5.48. The first-order valence-electron chi connectivity index (χ1n) is 5.48. The van der Waals surface area contributed by atoms with Crippen molar-refractivity contribution in [3.63, 3.8) is 0 Å². The largest absolute Gasteiger partial charge is 0.399 e. The van der Waals surface area contributed by atoms with E-state index < -0.39 is 0 Å². The van der Waals surface area contributed by atoms with Crippen LogP contribution >= 0.6 is 0 Å². The number of carbonyl (C=O) groups is 1. The van der Waals surface area contributed by atoms with Gasteiger partial charge in [0.1, 0.15) is 0 Å². The second kappa shape index (κ2) is 5.39. The molecule has 0 heterocycles. The van der Waals surface area contributed by atoms with Crippen molar-refractivity contribution in [2.75, 3.05) is 30.8 Å². The topological polar surface area (TPSA) is 49.6 Å². The van der Waals surface area contributed by atoms with Crippen molar-refractivity contribution in [2.45, 2.75) is 13.8 Å². The van der Waals surface area contributed by atoms with E-state index in [1.54, 1.807) is 29.0 Å². The molecule has 0 bridgehead atoms. The van der Waals surface area contributed by atoms with Gasteiger partial charge in [-0.15, -0.1) is 0 Å². The molecule has 0 aliphatic heterocycles. The lowest BCUT2D eigenvalue weighted by molar-refractivity contribution is 0.211. The molecule has 0 saturated carbocycles. The summed E-state index contributed by atoms with van der Waals surface area (Å²) in [5, 5.41) is 0. The molecule has 0 saturated heterocycles. The molecule has 1 aromatic carbocycles. The number of nitrogens with two attached hydrogens (primary N) is 1. The van der Waals surface area contributed by atoms with Crippen LogP contribution < -0.4 is 10.6 Å². The number of urea groups is 1. The molecule has 88 valence electrons. The van der Waals surface area contributed by atoms with Gasteiger partial charge in [0, 0.05) is 31.5 Å². The standard InChI is InChI=1S/C12H19N3O/c1-4-15(5-2)12(16)14(3)11-8-6-10(13)7-9-11/h6-9H,4-5,13H2,1-3H3. The smallest absolute Gasteiger partial charge is 0.324 e. The SMILES string of the molecule is CCN(CC)C(=O)N(C)c1ccc(N)cc1. The van der Waals surface area contributed by atoms with Crippen molar-refractivity contribution in [3.8, 4) is 0 Å². The van der Waals surface area contributed by atoms with Crippen LogP contribution in [0.5, 0.6) is 0 Å². The molecule has 0 spiro atoms. The van der Waals surface area contributed by atoms with Crippen LogP contribution in [0.2, 0.25) is 0 Å². The molecule has 0 aliphatic rings. The van der Waals surface area contributed by atoms with Gasteiger partial charge in [-0.05, 0) is 38.1 Å². The second-order valence-electron chi connectivity index (χ2n) is 3.61. The summed E-state index contributed by atoms with van der Waals surface area (Å²) >= 11 is 0. The second-order valence-corrected chi connectivity index (χ2v) is 3.61. The van der Waals surface area contributed by atoms with E-state index in [2.05, 4.69) is 0 Å². The fourth-order valence-corrected chi connectivity index (χ4v) is 1.51. The Hall–Kier alpha value is -1.71. The van der Waals surface area contributed by atoms with Crippen LogP contribution in [-0.4, -0.2) is 31.1 Å². The lowest BCUT2D eigenvalue weighted by Crippen LogP contribution is -2.41. The zero-order valence-corrected chi connectivity index (χ0v) is 10.1. The maximum Gasteiger partial charge on any atom is 0.324 e. The summed E-state index contributed by atoms with van der Waals surface area (Å²) in [5.41, 5.74) is 7.16. The van der Waals surface area contributed by atoms with Crippen LogP contribution in [0.4, 0.5) is 16.2 Å². The van der Waals surface area contributed by atoms with Gasteiger partial charge >= 0.3 is 6.03 Å². The highest BCUT2D eigenvalue weighted by atomic mass is 16.2. The van der Waals surface area contributed by atoms with Crippen LogP contribution in [0.3, 0.4) is 0 Å². The van der Waals surface area contributed by atoms with Gasteiger partial charge in [-0.25, -0.2) is 4.79 Å². The van der Waals surface area contributed by atoms with Gasteiger partial charge in [-0.3, -0.25) is 4.90 Å². The molecule has 2 amide bonds. The van der Waals surface area contributed by atoms with Gasteiger partial charge in [0.05, 0.1) is 0 Å². The summed E-state index contributed by atoms with van der Waals surface area (Å²) in [4.78, 5) is 15.4. The third kappa shape index (κ3) is 2.66. The number of rotatable bonds is 3. The number of nitrogen functional groups attached to an aromatic ring is 1. The maximum atomic E-state index is 12.0. The molecule has 16 heavy (non-hydrogen) atoms. The summed E-state index contributed by atoms with van der Waals surface area (Å²) in [6.45, 7) is 5.37. The zero-order valence-electron chi connectivity index (χ0n) is 10.1. The van der Waals surface area contributed by atoms with Crippen LogP contribution in [0.15, 0.2) is 24.3 Å². The lowest BCUT2D eigenvalue weighted by Gasteiger charge is -2.26. The molecular weight excluding hydrogens is 202 g/mol. The molecule has 4 heteroatoms. The Labute approximate surface area is 96.6 Å². The van der Waals surface area contributed by atoms with Crippen molar-refractivity contribution in [1.29, 1.82) is 0 Å². The van der Waals surface area contributed by atoms with Gasteiger partial charge in [0.25, 0.3) is 0 Å². The number of benzene rings is 1. The van der Waals surface area contributed by atoms with Gasteiger partial charge in [-0.2, -0.15) is 0 Å². The van der Waals surface area contributed by atoms with E-state index in [9.17, 15) is 4.79 Å². The summed E-state index contributed by atoms with van der Waals surface area (Å²) in [7, 11) is 1.77. The Morgan fingerprint density at radius 3 is 2.12 bits per heavy atom. The zero-order chi connectivity index (χ0) is 12.1. The van der Waals surface area contributed by atoms with Crippen molar-refractivity contribution < 1.29 is 4.79 Å². The number of hydrogen-bond donors (Lipinski definition) is 1. The first kappa shape index (κ1) is 12.4. The predicted octanol–water partition coefficient (Wildman–Crippen LogP) is 2.17. The van der Waals surface area contributed by atoms with E-state index in [1.165, 1.54) is 0 Å². The molecule has 0 unspecified atom stereocenters. The van der Waals surface area contributed by atoms with Crippen molar-refractivity contribution in [1.82, 2.24) is 4.90 Å². The number of anilines is 2. The summed E-state index contributed by atoms with van der Waals surface area (Å²) in [6.07, 6.45) is 0. The predicted molar refractivity (Wildman–Crippen MR) is 67.6 cm³/mol. The van der Waals surface area contributed by atoms with Gasteiger partial charge in [-0.1, -0.05) is 0 Å². The minimum atomic E-state index is 0.00905. The monoisotopic (exact) mass is 221 g/mol. The Bertz CT molecular complexity index is 344. The van der Waals surface area contributed by atoms with Gasteiger partial charge < -0.3 is 10.6 Å². The molecule has 0 radical (unpaired) electrons. The van der Waals surface area contributed by atoms with Crippen molar-refractivity contribution >= 4 is 17.4 Å². The molecular formula is C12H19N3O. The molecule has 0 atom stereocenters. The third-order valence-corrected chi connectivity index (χ3v) is 2.60. The van der Waals surface area contributed by atoms with Crippen molar-refractivity contribution in [3.05, 3.63) is 24.3 Å². The number of nitrogens with zero attached hydrogens (tertiary/aromatic N) is 2. The fraction of sp³-hybridized carbons (Fsp3) is 0.417. The Morgan fingerprint density at radius 1 is 1.19 bits per heavy atom. The molecule has 0 fully saturated rings. The van der Waals surface area contributed by atoms with E-state index in [-0.39, 0.29) is 6.03 Å². The molecule has 1 aromatic rings. The Morgan fingerprint density at radius 2 is 1.69 bits per heavy atom. The van der Waals surface area contributed by atoms with Crippen LogP contribution in [0, 0.1) is 0 Å². The van der Waals surface area contributed by atoms with Gasteiger partial charge in [0.15, 0.2) is 0 Å². The number of hydrogen-bond acceptors (Lipinski definition) is 2. The van der Waals surface area contributed by atoms with Crippen LogP contribution in [0.25, 0.3) is 0 Å². The average molecular weight is 221 g/mol. The average Bonchev–Trinajstić information content (AvgIpc) is 2.30. The number of amides is 2. The van der Waals surface area contributed by atoms with E-state index in [0.29, 0.717) is 18.8 Å². The molecule has 2 N–H and O–H groups in total. The van der Waals surface area contributed by atoms with E-state index in [1.807, 2.05) is 26.0 Å². The Kier molecular flexibility index (Phi) is 4.17. The van der Waals surface area contributed by atoms with Crippen molar-refractivity contribution in [2.24, 2.45) is 0 Å². The highest BCUT2D eigenvalue weighted by Gasteiger charge is 2.15. The normalized spacial score (nSPS) is 9.94. The summed E-state index contributed by atoms with van der Waals surface area (Å²) < 4.78 is 0. The third-order valence-electron chi connectivity index (χ3n) is 2.60. The summed E-state index contributed by atoms with van der Waals surface area (Å²) in [5.74, 6) is 0. The molecule has 4 nitrogen and oxygen atoms in total. The quantitative estimate of drug-likeness (QED) is 0.795. The first-order chi connectivity index (χ1) is 7.60. The molecule has 1 rings (SSSR count). The highest BCUT2D eigenvalue weighted by Crippen LogP contribution is 2.16. The van der Waals surface area contributed by atoms with Crippen LogP contribution in [-0.2, 0) is 0 Å². The minimum Gasteiger partial charge on any atom is -0.399 e. The molecule has 0 aromatic heterocycles. The maximum absolute atomic E-state index is 12.0. The van der Waals surface area contributed by atoms with E-state index in [0.717, 1.165) is 5.69 Å².